The largest absolute Gasteiger partial charge is 0.398 e. The number of nitrogens with two attached hydrogens (primary N) is 1. The van der Waals surface area contributed by atoms with Crippen LogP contribution in [-0.2, 0) is 0 Å². The van der Waals surface area contributed by atoms with E-state index in [1.54, 1.807) is 13.0 Å². The first-order valence-corrected chi connectivity index (χ1v) is 6.84. The lowest BCUT2D eigenvalue weighted by molar-refractivity contribution is 0.0922. The number of halogens is 1. The van der Waals surface area contributed by atoms with Crippen molar-refractivity contribution in [1.82, 2.24) is 5.32 Å². The molecule has 0 spiro atoms. The molecule has 0 radical (unpaired) electrons. The number of carbonyl (C=O) groups excluding carboxylic acids is 1. The lowest BCUT2D eigenvalue weighted by Gasteiger charge is -2.27. The summed E-state index contributed by atoms with van der Waals surface area (Å²) in [5.74, 6) is 0.0770. The van der Waals surface area contributed by atoms with Crippen LogP contribution in [0.5, 0.6) is 0 Å². The Hall–Kier alpha value is -1.58. The Kier molecular flexibility index (Phi) is 4.08. The van der Waals surface area contributed by atoms with E-state index < -0.39 is 5.82 Å². The molecule has 3 N–H and O–H groups in total. The monoisotopic (exact) mass is 264 g/mol. The van der Waals surface area contributed by atoms with E-state index in [9.17, 15) is 9.18 Å². The number of rotatable bonds is 2. The van der Waals surface area contributed by atoms with Crippen LogP contribution in [-0.4, -0.2) is 11.9 Å². The second kappa shape index (κ2) is 5.59. The Morgan fingerprint density at radius 3 is 2.53 bits per heavy atom. The van der Waals surface area contributed by atoms with Gasteiger partial charge in [0.25, 0.3) is 5.91 Å². The van der Waals surface area contributed by atoms with E-state index in [0.717, 1.165) is 31.6 Å². The summed E-state index contributed by atoms with van der Waals surface area (Å²) in [7, 11) is 0. The predicted molar refractivity (Wildman–Crippen MR) is 74.4 cm³/mol. The van der Waals surface area contributed by atoms with Crippen molar-refractivity contribution in [3.05, 3.63) is 29.1 Å². The van der Waals surface area contributed by atoms with Crippen LogP contribution in [0.3, 0.4) is 0 Å². The van der Waals surface area contributed by atoms with Gasteiger partial charge in [-0.05, 0) is 50.7 Å². The zero-order valence-corrected chi connectivity index (χ0v) is 11.5. The first-order valence-electron chi connectivity index (χ1n) is 6.84. The van der Waals surface area contributed by atoms with Crippen LogP contribution in [0.4, 0.5) is 10.1 Å². The highest BCUT2D eigenvalue weighted by atomic mass is 19.1. The van der Waals surface area contributed by atoms with Crippen molar-refractivity contribution in [2.24, 2.45) is 5.92 Å². The van der Waals surface area contributed by atoms with Crippen LogP contribution >= 0.6 is 0 Å². The summed E-state index contributed by atoms with van der Waals surface area (Å²) in [6.45, 7) is 3.84. The molecular weight excluding hydrogens is 243 g/mol. The van der Waals surface area contributed by atoms with Gasteiger partial charge in [-0.1, -0.05) is 6.92 Å². The minimum atomic E-state index is -0.428. The molecule has 0 atom stereocenters. The lowest BCUT2D eigenvalue weighted by Crippen LogP contribution is -2.37. The average Bonchev–Trinajstić information content (AvgIpc) is 2.38. The molecule has 104 valence electrons. The van der Waals surface area contributed by atoms with Gasteiger partial charge in [-0.25, -0.2) is 4.39 Å². The molecule has 0 heterocycles. The Balaban J connectivity index is 2.04. The van der Waals surface area contributed by atoms with Crippen molar-refractivity contribution >= 4 is 11.6 Å². The highest BCUT2D eigenvalue weighted by Crippen LogP contribution is 2.24. The van der Waals surface area contributed by atoms with E-state index in [1.807, 2.05) is 0 Å². The number of hydrogen-bond acceptors (Lipinski definition) is 2. The zero-order chi connectivity index (χ0) is 14.0. The smallest absolute Gasteiger partial charge is 0.251 e. The van der Waals surface area contributed by atoms with Crippen molar-refractivity contribution in [2.75, 3.05) is 5.73 Å². The first-order chi connectivity index (χ1) is 8.97. The zero-order valence-electron chi connectivity index (χ0n) is 11.5. The van der Waals surface area contributed by atoms with Crippen molar-refractivity contribution in [1.29, 1.82) is 0 Å². The number of anilines is 1. The topological polar surface area (TPSA) is 55.1 Å². The van der Waals surface area contributed by atoms with Gasteiger partial charge in [0.05, 0.1) is 0 Å². The van der Waals surface area contributed by atoms with E-state index in [0.29, 0.717) is 16.8 Å². The maximum Gasteiger partial charge on any atom is 0.251 e. The van der Waals surface area contributed by atoms with E-state index in [-0.39, 0.29) is 11.9 Å². The fraction of sp³-hybridized carbons (Fsp3) is 0.533. The molecule has 3 nitrogen and oxygen atoms in total. The van der Waals surface area contributed by atoms with Gasteiger partial charge in [-0.2, -0.15) is 0 Å². The summed E-state index contributed by atoms with van der Waals surface area (Å²) in [6.07, 6.45) is 4.26. The molecule has 1 aliphatic carbocycles. The second-order valence-corrected chi connectivity index (χ2v) is 5.60. The molecule has 1 fully saturated rings. The molecule has 0 unspecified atom stereocenters. The van der Waals surface area contributed by atoms with Crippen LogP contribution in [0.1, 0.15) is 48.5 Å². The molecule has 1 saturated carbocycles. The lowest BCUT2D eigenvalue weighted by atomic mass is 9.87. The third kappa shape index (κ3) is 3.25. The fourth-order valence-electron chi connectivity index (χ4n) is 2.50. The molecule has 19 heavy (non-hydrogen) atoms. The van der Waals surface area contributed by atoms with Gasteiger partial charge in [0.15, 0.2) is 0 Å². The standard InChI is InChI=1S/C15H21FN2O/c1-9-3-5-12(6-4-9)18-15(19)11-7-13(16)10(2)14(17)8-11/h7-9,12H,3-6,17H2,1-2H3,(H,18,19). The van der Waals surface area contributed by atoms with Crippen LogP contribution in [0.15, 0.2) is 12.1 Å². The van der Waals surface area contributed by atoms with Crippen LogP contribution in [0.2, 0.25) is 0 Å². The number of amides is 1. The average molecular weight is 264 g/mol. The highest BCUT2D eigenvalue weighted by molar-refractivity contribution is 5.95. The van der Waals surface area contributed by atoms with Crippen molar-refractivity contribution in [3.63, 3.8) is 0 Å². The van der Waals surface area contributed by atoms with Gasteiger partial charge in [0, 0.05) is 22.9 Å². The Morgan fingerprint density at radius 2 is 1.95 bits per heavy atom. The molecule has 0 aromatic heterocycles. The van der Waals surface area contributed by atoms with E-state index >= 15 is 0 Å². The maximum atomic E-state index is 13.6. The number of benzene rings is 1. The first kappa shape index (κ1) is 13.8. The molecular formula is C15H21FN2O. The van der Waals surface area contributed by atoms with Gasteiger partial charge < -0.3 is 11.1 Å². The normalized spacial score (nSPS) is 23.1. The Morgan fingerprint density at radius 1 is 1.32 bits per heavy atom. The summed E-state index contributed by atoms with van der Waals surface area (Å²) in [5.41, 5.74) is 6.71. The highest BCUT2D eigenvalue weighted by Gasteiger charge is 2.20. The molecule has 1 aromatic rings. The van der Waals surface area contributed by atoms with Gasteiger partial charge >= 0.3 is 0 Å². The van der Waals surface area contributed by atoms with E-state index in [2.05, 4.69) is 12.2 Å². The van der Waals surface area contributed by atoms with E-state index in [4.69, 9.17) is 5.73 Å². The summed E-state index contributed by atoms with van der Waals surface area (Å²) in [4.78, 5) is 12.1. The Bertz CT molecular complexity index is 456. The number of nitrogens with one attached hydrogen (secondary N) is 1. The summed E-state index contributed by atoms with van der Waals surface area (Å²) in [5, 5.41) is 2.97. The van der Waals surface area contributed by atoms with Crippen molar-refractivity contribution in [2.45, 2.75) is 45.6 Å². The van der Waals surface area contributed by atoms with E-state index in [1.165, 1.54) is 6.07 Å². The SMILES string of the molecule is Cc1c(N)cc(C(=O)NC2CCC(C)CC2)cc1F. The van der Waals surface area contributed by atoms with Crippen LogP contribution in [0.25, 0.3) is 0 Å². The number of nitrogen functional groups attached to an aromatic ring is 1. The van der Waals surface area contributed by atoms with Crippen LogP contribution < -0.4 is 11.1 Å². The molecule has 1 aromatic carbocycles. The summed E-state index contributed by atoms with van der Waals surface area (Å²) in [6, 6.07) is 3.00. The van der Waals surface area contributed by atoms with Crippen LogP contribution in [0, 0.1) is 18.7 Å². The van der Waals surface area contributed by atoms with Gasteiger partial charge in [0.2, 0.25) is 0 Å². The van der Waals surface area contributed by atoms with Gasteiger partial charge in [-0.15, -0.1) is 0 Å². The molecule has 0 saturated heterocycles. The van der Waals surface area contributed by atoms with Gasteiger partial charge in [-0.3, -0.25) is 4.79 Å². The molecule has 4 heteroatoms. The maximum absolute atomic E-state index is 13.6. The summed E-state index contributed by atoms with van der Waals surface area (Å²) < 4.78 is 13.6. The van der Waals surface area contributed by atoms with Gasteiger partial charge in [0.1, 0.15) is 5.82 Å². The second-order valence-electron chi connectivity index (χ2n) is 5.60. The molecule has 0 bridgehead atoms. The number of hydrogen-bond donors (Lipinski definition) is 2. The minimum absolute atomic E-state index is 0.203. The predicted octanol–water partition coefficient (Wildman–Crippen LogP) is 3.02. The fourth-order valence-corrected chi connectivity index (χ4v) is 2.50. The third-order valence-electron chi connectivity index (χ3n) is 4.00. The molecule has 0 aliphatic heterocycles. The molecule has 1 amide bonds. The molecule has 2 rings (SSSR count). The number of carbonyl (C=O) groups is 1. The third-order valence-corrected chi connectivity index (χ3v) is 4.00. The quantitative estimate of drug-likeness (QED) is 0.807. The van der Waals surface area contributed by atoms with Crippen molar-refractivity contribution < 1.29 is 9.18 Å². The minimum Gasteiger partial charge on any atom is -0.398 e. The molecule has 1 aliphatic rings. The Labute approximate surface area is 113 Å². The summed E-state index contributed by atoms with van der Waals surface area (Å²) >= 11 is 0. The van der Waals surface area contributed by atoms with Crippen molar-refractivity contribution in [3.8, 4) is 0 Å².